The van der Waals surface area contributed by atoms with E-state index in [1.165, 1.54) is 0 Å². The molecule has 0 unspecified atom stereocenters. The molecule has 0 aliphatic rings. The van der Waals surface area contributed by atoms with E-state index in [0.717, 1.165) is 17.5 Å². The summed E-state index contributed by atoms with van der Waals surface area (Å²) in [6.07, 6.45) is 0.847. The van der Waals surface area contributed by atoms with Gasteiger partial charge in [-0.05, 0) is 25.0 Å². The number of hydrogen-bond donors (Lipinski definition) is 1. The number of benzene rings is 1. The third-order valence-corrected chi connectivity index (χ3v) is 2.63. The van der Waals surface area contributed by atoms with Crippen LogP contribution < -0.4 is 0 Å². The van der Waals surface area contributed by atoms with Crippen LogP contribution in [0.5, 0.6) is 0 Å². The van der Waals surface area contributed by atoms with E-state index in [9.17, 15) is 4.79 Å². The number of nitrogens with zero attached hydrogens (tertiary/aromatic N) is 1. The van der Waals surface area contributed by atoms with Gasteiger partial charge in [0.1, 0.15) is 5.76 Å². The molecule has 0 saturated carbocycles. The van der Waals surface area contributed by atoms with Gasteiger partial charge in [-0.3, -0.25) is 0 Å². The summed E-state index contributed by atoms with van der Waals surface area (Å²) in [6.45, 7) is 3.64. The highest BCUT2D eigenvalue weighted by atomic mass is 16.4. The van der Waals surface area contributed by atoms with Gasteiger partial charge in [0, 0.05) is 5.56 Å². The van der Waals surface area contributed by atoms with Gasteiger partial charge in [-0.2, -0.15) is 0 Å². The Balaban J connectivity index is 2.53. The molecule has 1 heterocycles. The molecule has 2 aromatic rings. The Hall–Kier alpha value is -2.10. The zero-order valence-electron chi connectivity index (χ0n) is 9.73. The SMILES string of the molecule is CCc1ccccc1-c1nc(C(=O)O)c(C)o1. The summed E-state index contributed by atoms with van der Waals surface area (Å²) in [6, 6.07) is 7.69. The summed E-state index contributed by atoms with van der Waals surface area (Å²) in [7, 11) is 0. The Labute approximate surface area is 98.9 Å². The molecule has 0 spiro atoms. The van der Waals surface area contributed by atoms with E-state index in [1.54, 1.807) is 6.92 Å². The molecule has 17 heavy (non-hydrogen) atoms. The van der Waals surface area contributed by atoms with Crippen molar-refractivity contribution in [2.24, 2.45) is 0 Å². The van der Waals surface area contributed by atoms with Crippen molar-refractivity contribution in [1.82, 2.24) is 4.98 Å². The van der Waals surface area contributed by atoms with E-state index in [1.807, 2.05) is 31.2 Å². The fourth-order valence-electron chi connectivity index (χ4n) is 1.75. The maximum absolute atomic E-state index is 10.9. The lowest BCUT2D eigenvalue weighted by atomic mass is 10.1. The lowest BCUT2D eigenvalue weighted by molar-refractivity contribution is 0.0689. The van der Waals surface area contributed by atoms with Crippen molar-refractivity contribution < 1.29 is 14.3 Å². The molecule has 0 amide bonds. The first-order valence-corrected chi connectivity index (χ1v) is 5.42. The standard InChI is InChI=1S/C13H13NO3/c1-3-9-6-4-5-7-10(9)12-14-11(13(15)16)8(2)17-12/h4-7H,3H2,1-2H3,(H,15,16). The predicted octanol–water partition coefficient (Wildman–Crippen LogP) is 2.91. The maximum atomic E-state index is 10.9. The average molecular weight is 231 g/mol. The second-order valence-corrected chi connectivity index (χ2v) is 3.74. The number of rotatable bonds is 3. The largest absolute Gasteiger partial charge is 0.476 e. The van der Waals surface area contributed by atoms with Gasteiger partial charge in [-0.15, -0.1) is 0 Å². The molecule has 0 fully saturated rings. The molecule has 2 rings (SSSR count). The van der Waals surface area contributed by atoms with E-state index in [0.29, 0.717) is 11.7 Å². The van der Waals surface area contributed by atoms with Crippen LogP contribution in [0.25, 0.3) is 11.5 Å². The third-order valence-electron chi connectivity index (χ3n) is 2.63. The zero-order chi connectivity index (χ0) is 12.4. The molecule has 1 aromatic heterocycles. The number of carbonyl (C=O) groups is 1. The first-order chi connectivity index (χ1) is 8.13. The number of hydrogen-bond acceptors (Lipinski definition) is 3. The second kappa shape index (κ2) is 4.41. The van der Waals surface area contributed by atoms with Gasteiger partial charge in [0.25, 0.3) is 0 Å². The number of oxazole rings is 1. The summed E-state index contributed by atoms with van der Waals surface area (Å²) < 4.78 is 5.41. The Kier molecular flexibility index (Phi) is 2.95. The monoisotopic (exact) mass is 231 g/mol. The Bertz CT molecular complexity index is 558. The van der Waals surface area contributed by atoms with Crippen molar-refractivity contribution in [3.05, 3.63) is 41.3 Å². The van der Waals surface area contributed by atoms with E-state index < -0.39 is 5.97 Å². The normalized spacial score (nSPS) is 10.5. The number of carboxylic acid groups (broad SMARTS) is 1. The molecule has 1 N–H and O–H groups in total. The van der Waals surface area contributed by atoms with Crippen molar-refractivity contribution in [3.63, 3.8) is 0 Å². The fraction of sp³-hybridized carbons (Fsp3) is 0.231. The lowest BCUT2D eigenvalue weighted by Crippen LogP contribution is -1.98. The summed E-state index contributed by atoms with van der Waals surface area (Å²) in [4.78, 5) is 14.9. The molecule has 88 valence electrons. The van der Waals surface area contributed by atoms with Crippen LogP contribution in [0.1, 0.15) is 28.7 Å². The van der Waals surface area contributed by atoms with E-state index in [2.05, 4.69) is 4.98 Å². The number of aromatic carboxylic acids is 1. The van der Waals surface area contributed by atoms with Crippen LogP contribution >= 0.6 is 0 Å². The second-order valence-electron chi connectivity index (χ2n) is 3.74. The molecule has 1 aromatic carbocycles. The minimum atomic E-state index is -1.06. The maximum Gasteiger partial charge on any atom is 0.358 e. The summed E-state index contributed by atoms with van der Waals surface area (Å²) in [5, 5.41) is 8.93. The van der Waals surface area contributed by atoms with Crippen molar-refractivity contribution in [2.75, 3.05) is 0 Å². The molecular weight excluding hydrogens is 218 g/mol. The average Bonchev–Trinajstić information content (AvgIpc) is 2.71. The van der Waals surface area contributed by atoms with Gasteiger partial charge < -0.3 is 9.52 Å². The van der Waals surface area contributed by atoms with Crippen LogP contribution in [-0.4, -0.2) is 16.1 Å². The molecule has 0 saturated heterocycles. The van der Waals surface area contributed by atoms with Crippen molar-refractivity contribution in [2.45, 2.75) is 20.3 Å². The molecule has 0 bridgehead atoms. The van der Waals surface area contributed by atoms with Gasteiger partial charge in [0.15, 0.2) is 5.69 Å². The molecule has 4 heteroatoms. The summed E-state index contributed by atoms with van der Waals surface area (Å²) in [5.74, 6) is -0.359. The predicted molar refractivity (Wildman–Crippen MR) is 63.0 cm³/mol. The van der Waals surface area contributed by atoms with Crippen molar-refractivity contribution in [1.29, 1.82) is 0 Å². The molecule has 4 nitrogen and oxygen atoms in total. The van der Waals surface area contributed by atoms with Crippen molar-refractivity contribution in [3.8, 4) is 11.5 Å². The van der Waals surface area contributed by atoms with Gasteiger partial charge in [-0.25, -0.2) is 9.78 Å². The highest BCUT2D eigenvalue weighted by Crippen LogP contribution is 2.25. The smallest absolute Gasteiger partial charge is 0.358 e. The number of aryl methyl sites for hydroxylation is 2. The third kappa shape index (κ3) is 2.06. The highest BCUT2D eigenvalue weighted by Gasteiger charge is 2.18. The molecular formula is C13H13NO3. The minimum Gasteiger partial charge on any atom is -0.476 e. The Morgan fingerprint density at radius 1 is 1.41 bits per heavy atom. The Morgan fingerprint density at radius 2 is 2.12 bits per heavy atom. The Morgan fingerprint density at radius 3 is 2.71 bits per heavy atom. The molecule has 0 atom stereocenters. The summed E-state index contributed by atoms with van der Waals surface area (Å²) in [5.41, 5.74) is 1.92. The zero-order valence-corrected chi connectivity index (χ0v) is 9.73. The lowest BCUT2D eigenvalue weighted by Gasteiger charge is -2.02. The van der Waals surface area contributed by atoms with E-state index in [-0.39, 0.29) is 5.69 Å². The van der Waals surface area contributed by atoms with Crippen molar-refractivity contribution >= 4 is 5.97 Å². The minimum absolute atomic E-state index is 0.0223. The molecule has 0 aliphatic carbocycles. The van der Waals surface area contributed by atoms with Crippen LogP contribution in [-0.2, 0) is 6.42 Å². The first-order valence-electron chi connectivity index (χ1n) is 5.42. The van der Waals surface area contributed by atoms with Crippen LogP contribution in [0.4, 0.5) is 0 Å². The van der Waals surface area contributed by atoms with Gasteiger partial charge in [-0.1, -0.05) is 25.1 Å². The van der Waals surface area contributed by atoms with E-state index >= 15 is 0 Å². The van der Waals surface area contributed by atoms with Gasteiger partial charge >= 0.3 is 5.97 Å². The molecule has 0 radical (unpaired) electrons. The topological polar surface area (TPSA) is 63.3 Å². The fourth-order valence-corrected chi connectivity index (χ4v) is 1.75. The highest BCUT2D eigenvalue weighted by molar-refractivity contribution is 5.87. The molecule has 0 aliphatic heterocycles. The van der Waals surface area contributed by atoms with Crippen LogP contribution in [0.3, 0.4) is 0 Å². The number of aromatic nitrogens is 1. The van der Waals surface area contributed by atoms with Gasteiger partial charge in [0.2, 0.25) is 5.89 Å². The quantitative estimate of drug-likeness (QED) is 0.882. The van der Waals surface area contributed by atoms with Crippen LogP contribution in [0.15, 0.2) is 28.7 Å². The summed E-state index contributed by atoms with van der Waals surface area (Å²) >= 11 is 0. The van der Waals surface area contributed by atoms with Crippen LogP contribution in [0.2, 0.25) is 0 Å². The van der Waals surface area contributed by atoms with Crippen LogP contribution in [0, 0.1) is 6.92 Å². The van der Waals surface area contributed by atoms with Gasteiger partial charge in [0.05, 0.1) is 0 Å². The van der Waals surface area contributed by atoms with E-state index in [4.69, 9.17) is 9.52 Å². The first kappa shape index (κ1) is 11.4. The number of carboxylic acids is 1.